The van der Waals surface area contributed by atoms with Gasteiger partial charge in [0.1, 0.15) is 0 Å². The number of rotatable bonds is 5. The second kappa shape index (κ2) is 8.05. The number of amides is 2. The van der Waals surface area contributed by atoms with Crippen LogP contribution in [0.3, 0.4) is 0 Å². The lowest BCUT2D eigenvalue weighted by molar-refractivity contribution is -0.121. The molecule has 1 aliphatic rings. The number of thioether (sulfide) groups is 1. The van der Waals surface area contributed by atoms with E-state index in [2.05, 4.69) is 10.9 Å². The van der Waals surface area contributed by atoms with Crippen LogP contribution in [0.2, 0.25) is 0 Å². The Labute approximate surface area is 151 Å². The summed E-state index contributed by atoms with van der Waals surface area (Å²) in [5, 5.41) is 0. The van der Waals surface area contributed by atoms with Gasteiger partial charge in [-0.1, -0.05) is 0 Å². The van der Waals surface area contributed by atoms with E-state index >= 15 is 0 Å². The van der Waals surface area contributed by atoms with Crippen molar-refractivity contribution in [3.05, 3.63) is 53.6 Å². The Morgan fingerprint density at radius 2 is 1.81 bits per heavy atom. The minimum Gasteiger partial charge on any atom is -0.454 e. The van der Waals surface area contributed by atoms with Gasteiger partial charge < -0.3 is 9.47 Å². The molecule has 9 heteroatoms. The van der Waals surface area contributed by atoms with E-state index in [1.54, 1.807) is 12.1 Å². The van der Waals surface area contributed by atoms with Crippen LogP contribution in [0.5, 0.6) is 11.5 Å². The monoisotopic (exact) mass is 380 g/mol. The van der Waals surface area contributed by atoms with E-state index in [9.17, 15) is 18.4 Å². The third-order valence-electron chi connectivity index (χ3n) is 3.44. The summed E-state index contributed by atoms with van der Waals surface area (Å²) in [6.07, 6.45) is 0.0884. The predicted octanol–water partition coefficient (Wildman–Crippen LogP) is 2.64. The molecule has 2 N–H and O–H groups in total. The molecule has 136 valence electrons. The average Bonchev–Trinajstić information content (AvgIpc) is 3.10. The van der Waals surface area contributed by atoms with Gasteiger partial charge in [0, 0.05) is 22.6 Å². The number of fused-ring (bicyclic) bond motifs is 1. The standard InChI is InChI=1S/C17H14F2N2O4S/c18-12-3-2-11(8-13(12)19)26-6-5-16(22)20-21-17(23)10-1-4-14-15(7-10)25-9-24-14/h1-4,7-8H,5-6,9H2,(H,20,22)(H,21,23). The van der Waals surface area contributed by atoms with Crippen LogP contribution < -0.4 is 20.3 Å². The number of ether oxygens (including phenoxy) is 2. The summed E-state index contributed by atoms with van der Waals surface area (Å²) in [7, 11) is 0. The molecule has 6 nitrogen and oxygen atoms in total. The summed E-state index contributed by atoms with van der Waals surface area (Å²) in [6, 6.07) is 8.21. The van der Waals surface area contributed by atoms with Crippen molar-refractivity contribution in [2.45, 2.75) is 11.3 Å². The van der Waals surface area contributed by atoms with Crippen molar-refractivity contribution in [3.63, 3.8) is 0 Å². The molecule has 1 aliphatic heterocycles. The zero-order valence-electron chi connectivity index (χ0n) is 13.4. The number of hydrazine groups is 1. The molecule has 3 rings (SSSR count). The topological polar surface area (TPSA) is 76.7 Å². The molecule has 0 saturated carbocycles. The van der Waals surface area contributed by atoms with Gasteiger partial charge in [0.05, 0.1) is 0 Å². The minimum absolute atomic E-state index is 0.0884. The fourth-order valence-electron chi connectivity index (χ4n) is 2.13. The van der Waals surface area contributed by atoms with Gasteiger partial charge in [-0.15, -0.1) is 11.8 Å². The molecule has 0 atom stereocenters. The maximum Gasteiger partial charge on any atom is 0.269 e. The molecular weight excluding hydrogens is 366 g/mol. The number of hydrogen-bond donors (Lipinski definition) is 2. The normalized spacial score (nSPS) is 11.9. The average molecular weight is 380 g/mol. The number of halogens is 2. The fraction of sp³-hybridized carbons (Fsp3) is 0.176. The van der Waals surface area contributed by atoms with Crippen molar-refractivity contribution < 1.29 is 27.8 Å². The van der Waals surface area contributed by atoms with Gasteiger partial charge >= 0.3 is 0 Å². The molecule has 0 radical (unpaired) electrons. The molecule has 2 amide bonds. The van der Waals surface area contributed by atoms with E-state index in [1.165, 1.54) is 23.9 Å². The smallest absolute Gasteiger partial charge is 0.269 e. The van der Waals surface area contributed by atoms with Crippen molar-refractivity contribution in [2.24, 2.45) is 0 Å². The van der Waals surface area contributed by atoms with Crippen LogP contribution in [0.15, 0.2) is 41.3 Å². The number of benzene rings is 2. The molecule has 0 unspecified atom stereocenters. The maximum absolute atomic E-state index is 13.1. The van der Waals surface area contributed by atoms with Gasteiger partial charge in [0.15, 0.2) is 23.1 Å². The molecule has 0 saturated heterocycles. The highest BCUT2D eigenvalue weighted by atomic mass is 32.2. The lowest BCUT2D eigenvalue weighted by Crippen LogP contribution is -2.41. The highest BCUT2D eigenvalue weighted by Crippen LogP contribution is 2.32. The van der Waals surface area contributed by atoms with Crippen LogP contribution in [0.4, 0.5) is 8.78 Å². The Hall–Kier alpha value is -2.81. The first-order valence-corrected chi connectivity index (χ1v) is 8.58. The molecule has 26 heavy (non-hydrogen) atoms. The molecule has 0 bridgehead atoms. The molecule has 2 aromatic carbocycles. The second-order valence-corrected chi connectivity index (χ2v) is 6.41. The van der Waals surface area contributed by atoms with E-state index in [4.69, 9.17) is 9.47 Å². The molecule has 0 aromatic heterocycles. The van der Waals surface area contributed by atoms with Crippen LogP contribution in [0, 0.1) is 11.6 Å². The van der Waals surface area contributed by atoms with Gasteiger partial charge in [-0.3, -0.25) is 20.4 Å². The van der Waals surface area contributed by atoms with Gasteiger partial charge in [0.2, 0.25) is 12.7 Å². The van der Waals surface area contributed by atoms with E-state index in [0.29, 0.717) is 27.7 Å². The van der Waals surface area contributed by atoms with Crippen molar-refractivity contribution in [3.8, 4) is 11.5 Å². The van der Waals surface area contributed by atoms with Crippen molar-refractivity contribution in [1.82, 2.24) is 10.9 Å². The zero-order chi connectivity index (χ0) is 18.5. The van der Waals surface area contributed by atoms with Gasteiger partial charge in [-0.2, -0.15) is 0 Å². The van der Waals surface area contributed by atoms with Crippen molar-refractivity contribution >= 4 is 23.6 Å². The Bertz CT molecular complexity index is 848. The molecule has 0 spiro atoms. The number of carbonyl (C=O) groups is 2. The minimum atomic E-state index is -0.935. The Morgan fingerprint density at radius 3 is 2.62 bits per heavy atom. The predicted molar refractivity (Wildman–Crippen MR) is 89.9 cm³/mol. The van der Waals surface area contributed by atoms with Crippen molar-refractivity contribution in [1.29, 1.82) is 0 Å². The summed E-state index contributed by atoms with van der Waals surface area (Å²) >= 11 is 1.21. The van der Waals surface area contributed by atoms with Crippen LogP contribution in [-0.4, -0.2) is 24.4 Å². The SMILES string of the molecule is O=C(CCSc1ccc(F)c(F)c1)NNC(=O)c1ccc2c(c1)OCO2. The van der Waals surface area contributed by atoms with E-state index < -0.39 is 23.4 Å². The zero-order valence-corrected chi connectivity index (χ0v) is 14.2. The first-order chi connectivity index (χ1) is 12.5. The highest BCUT2D eigenvalue weighted by molar-refractivity contribution is 7.99. The first kappa shape index (κ1) is 18.0. The van der Waals surface area contributed by atoms with Crippen LogP contribution >= 0.6 is 11.8 Å². The molecular formula is C17H14F2N2O4S. The van der Waals surface area contributed by atoms with Gasteiger partial charge in [0.25, 0.3) is 5.91 Å². The number of nitrogens with one attached hydrogen (secondary N) is 2. The molecule has 2 aromatic rings. The third-order valence-corrected chi connectivity index (χ3v) is 4.43. The summed E-state index contributed by atoms with van der Waals surface area (Å²) in [4.78, 5) is 24.3. The third kappa shape index (κ3) is 4.42. The Balaban J connectivity index is 1.42. The second-order valence-electron chi connectivity index (χ2n) is 5.24. The number of carbonyl (C=O) groups excluding carboxylic acids is 2. The van der Waals surface area contributed by atoms with E-state index in [1.807, 2.05) is 0 Å². The number of hydrogen-bond acceptors (Lipinski definition) is 5. The summed E-state index contributed by atoms with van der Waals surface area (Å²) in [5.41, 5.74) is 4.91. The van der Waals surface area contributed by atoms with Crippen LogP contribution in [0.25, 0.3) is 0 Å². The van der Waals surface area contributed by atoms with E-state index in [0.717, 1.165) is 12.1 Å². The Morgan fingerprint density at radius 1 is 1.00 bits per heavy atom. The fourth-order valence-corrected chi connectivity index (χ4v) is 3.00. The lowest BCUT2D eigenvalue weighted by atomic mass is 10.2. The molecule has 0 fully saturated rings. The summed E-state index contributed by atoms with van der Waals surface area (Å²) in [6.45, 7) is 0.104. The summed E-state index contributed by atoms with van der Waals surface area (Å²) in [5.74, 6) is -1.39. The van der Waals surface area contributed by atoms with Gasteiger partial charge in [-0.25, -0.2) is 8.78 Å². The maximum atomic E-state index is 13.1. The molecule has 0 aliphatic carbocycles. The first-order valence-electron chi connectivity index (χ1n) is 7.59. The Kier molecular flexibility index (Phi) is 5.57. The van der Waals surface area contributed by atoms with E-state index in [-0.39, 0.29) is 13.2 Å². The largest absolute Gasteiger partial charge is 0.454 e. The lowest BCUT2D eigenvalue weighted by Gasteiger charge is -2.08. The van der Waals surface area contributed by atoms with Crippen molar-refractivity contribution in [2.75, 3.05) is 12.5 Å². The quantitative estimate of drug-likeness (QED) is 0.616. The highest BCUT2D eigenvalue weighted by Gasteiger charge is 2.16. The van der Waals surface area contributed by atoms with Gasteiger partial charge in [-0.05, 0) is 36.4 Å². The van der Waals surface area contributed by atoms with Crippen LogP contribution in [-0.2, 0) is 4.79 Å². The molecule has 1 heterocycles. The van der Waals surface area contributed by atoms with Crippen LogP contribution in [0.1, 0.15) is 16.8 Å². The summed E-state index contributed by atoms with van der Waals surface area (Å²) < 4.78 is 36.3.